The summed E-state index contributed by atoms with van der Waals surface area (Å²) in [6.45, 7) is 8.03. The van der Waals surface area contributed by atoms with Gasteiger partial charge in [-0.25, -0.2) is 8.42 Å². The average molecular weight is 317 g/mol. The van der Waals surface area contributed by atoms with Gasteiger partial charge < -0.3 is 10.6 Å². The summed E-state index contributed by atoms with van der Waals surface area (Å²) < 4.78 is 28.6. The number of nitrogen functional groups attached to an aromatic ring is 1. The minimum Gasteiger partial charge on any atom is -0.381 e. The first-order chi connectivity index (χ1) is 9.68. The van der Waals surface area contributed by atoms with Gasteiger partial charge in [0.15, 0.2) is 5.82 Å². The third-order valence-electron chi connectivity index (χ3n) is 3.06. The highest BCUT2D eigenvalue weighted by Crippen LogP contribution is 2.22. The molecule has 0 unspecified atom stereocenters. The number of anilines is 1. The number of hydrogen-bond donors (Lipinski definition) is 1. The minimum absolute atomic E-state index is 0.0652. The second kappa shape index (κ2) is 7.24. The highest BCUT2D eigenvalue weighted by molar-refractivity contribution is 7.89. The van der Waals surface area contributed by atoms with Gasteiger partial charge in [-0.2, -0.15) is 9.40 Å². The lowest BCUT2D eigenvalue weighted by molar-refractivity contribution is 0.313. The molecule has 0 spiro atoms. The van der Waals surface area contributed by atoms with Gasteiger partial charge in [0.1, 0.15) is 4.90 Å². The van der Waals surface area contributed by atoms with Gasteiger partial charge in [0.25, 0.3) is 0 Å². The Hall–Kier alpha value is -1.12. The molecule has 0 aromatic carbocycles. The first-order valence-corrected chi connectivity index (χ1v) is 8.60. The van der Waals surface area contributed by atoms with Crippen LogP contribution in [0.15, 0.2) is 11.1 Å². The summed E-state index contributed by atoms with van der Waals surface area (Å²) in [4.78, 5) is 2.06. The minimum atomic E-state index is -3.61. The Kier molecular flexibility index (Phi) is 6.18. The molecular formula is C13H27N5O2S. The lowest BCUT2D eigenvalue weighted by Crippen LogP contribution is -2.39. The van der Waals surface area contributed by atoms with E-state index < -0.39 is 10.0 Å². The van der Waals surface area contributed by atoms with E-state index in [0.717, 1.165) is 0 Å². The van der Waals surface area contributed by atoms with Crippen LogP contribution in [0.2, 0.25) is 0 Å². The van der Waals surface area contributed by atoms with E-state index in [-0.39, 0.29) is 16.6 Å². The molecule has 0 aliphatic heterocycles. The van der Waals surface area contributed by atoms with Crippen LogP contribution in [0.1, 0.15) is 20.8 Å². The van der Waals surface area contributed by atoms with Gasteiger partial charge >= 0.3 is 0 Å². The summed E-state index contributed by atoms with van der Waals surface area (Å²) in [7, 11) is 0.227. The van der Waals surface area contributed by atoms with Crippen LogP contribution in [0.5, 0.6) is 0 Å². The molecule has 0 fully saturated rings. The van der Waals surface area contributed by atoms with Crippen LogP contribution < -0.4 is 5.73 Å². The van der Waals surface area contributed by atoms with Crippen molar-refractivity contribution in [3.8, 4) is 0 Å². The maximum atomic E-state index is 12.8. The number of nitrogens with zero attached hydrogens (tertiary/aromatic N) is 4. The molecule has 1 aromatic heterocycles. The molecule has 2 N–H and O–H groups in total. The fourth-order valence-electron chi connectivity index (χ4n) is 1.95. The molecule has 0 saturated heterocycles. The molecular weight excluding hydrogens is 290 g/mol. The Bertz CT molecular complexity index is 551. The lowest BCUT2D eigenvalue weighted by atomic mass is 10.2. The largest absolute Gasteiger partial charge is 0.381 e. The van der Waals surface area contributed by atoms with Crippen molar-refractivity contribution in [2.24, 2.45) is 5.92 Å². The van der Waals surface area contributed by atoms with Crippen molar-refractivity contribution in [1.29, 1.82) is 0 Å². The predicted octanol–water partition coefficient (Wildman–Crippen LogP) is 0.694. The van der Waals surface area contributed by atoms with E-state index >= 15 is 0 Å². The fourth-order valence-corrected chi connectivity index (χ4v) is 3.60. The van der Waals surface area contributed by atoms with Gasteiger partial charge in [-0.1, -0.05) is 13.8 Å². The fraction of sp³-hybridized carbons (Fsp3) is 0.769. The van der Waals surface area contributed by atoms with Gasteiger partial charge in [0.05, 0.1) is 0 Å². The van der Waals surface area contributed by atoms with Crippen molar-refractivity contribution in [3.05, 3.63) is 6.20 Å². The standard InChI is InChI=1S/C13H27N5O2S/c1-6-17-10-12(13(14)15-17)21(19,20)18(9-11(2)3)8-7-16(4)5/h10-11H,6-9H2,1-5H3,(H2,14,15). The zero-order chi connectivity index (χ0) is 16.2. The maximum Gasteiger partial charge on any atom is 0.248 e. The Morgan fingerprint density at radius 1 is 1.33 bits per heavy atom. The Morgan fingerprint density at radius 3 is 2.38 bits per heavy atom. The molecule has 8 heteroatoms. The van der Waals surface area contributed by atoms with Crippen LogP contribution in [-0.4, -0.2) is 61.1 Å². The van der Waals surface area contributed by atoms with Gasteiger partial charge in [-0.15, -0.1) is 0 Å². The average Bonchev–Trinajstić information content (AvgIpc) is 2.75. The number of aryl methyl sites for hydroxylation is 1. The molecule has 21 heavy (non-hydrogen) atoms. The third-order valence-corrected chi connectivity index (χ3v) is 4.94. The summed E-state index contributed by atoms with van der Waals surface area (Å²) in [5.41, 5.74) is 5.78. The SMILES string of the molecule is CCn1cc(S(=O)(=O)N(CCN(C)C)CC(C)C)c(N)n1. The number of sulfonamides is 1. The molecule has 1 rings (SSSR count). The molecule has 122 valence electrons. The van der Waals surface area contributed by atoms with Crippen molar-refractivity contribution < 1.29 is 8.42 Å². The molecule has 0 aliphatic carbocycles. The summed E-state index contributed by atoms with van der Waals surface area (Å²) in [6, 6.07) is 0. The van der Waals surface area contributed by atoms with Crippen LogP contribution in [0.3, 0.4) is 0 Å². The van der Waals surface area contributed by atoms with E-state index in [0.29, 0.717) is 26.2 Å². The topological polar surface area (TPSA) is 84.5 Å². The van der Waals surface area contributed by atoms with Crippen LogP contribution in [0.25, 0.3) is 0 Å². The normalized spacial score (nSPS) is 12.8. The summed E-state index contributed by atoms with van der Waals surface area (Å²) in [5.74, 6) is 0.305. The third kappa shape index (κ3) is 4.69. The van der Waals surface area contributed by atoms with E-state index in [4.69, 9.17) is 5.73 Å². The molecule has 7 nitrogen and oxygen atoms in total. The zero-order valence-electron chi connectivity index (χ0n) is 13.6. The Labute approximate surface area is 127 Å². The molecule has 0 bridgehead atoms. The van der Waals surface area contributed by atoms with E-state index in [1.165, 1.54) is 10.5 Å². The highest BCUT2D eigenvalue weighted by atomic mass is 32.2. The van der Waals surface area contributed by atoms with Crippen LogP contribution in [0.4, 0.5) is 5.82 Å². The monoisotopic (exact) mass is 317 g/mol. The van der Waals surface area contributed by atoms with Crippen LogP contribution >= 0.6 is 0 Å². The molecule has 0 aliphatic rings. The van der Waals surface area contributed by atoms with Crippen molar-refractivity contribution in [2.45, 2.75) is 32.2 Å². The van der Waals surface area contributed by atoms with E-state index in [1.54, 1.807) is 4.68 Å². The Morgan fingerprint density at radius 2 is 1.95 bits per heavy atom. The quantitative estimate of drug-likeness (QED) is 0.763. The first-order valence-electron chi connectivity index (χ1n) is 7.16. The number of nitrogens with two attached hydrogens (primary N) is 1. The molecule has 1 heterocycles. The maximum absolute atomic E-state index is 12.8. The lowest BCUT2D eigenvalue weighted by Gasteiger charge is -2.25. The smallest absolute Gasteiger partial charge is 0.248 e. The number of hydrogen-bond acceptors (Lipinski definition) is 5. The van der Waals surface area contributed by atoms with Gasteiger partial charge in [0, 0.05) is 32.4 Å². The molecule has 0 atom stereocenters. The van der Waals surface area contributed by atoms with Gasteiger partial charge in [-0.05, 0) is 26.9 Å². The molecule has 0 radical (unpaired) electrons. The second-order valence-electron chi connectivity index (χ2n) is 5.79. The highest BCUT2D eigenvalue weighted by Gasteiger charge is 2.29. The van der Waals surface area contributed by atoms with Crippen LogP contribution in [0, 0.1) is 5.92 Å². The number of likely N-dealkylation sites (N-methyl/N-ethyl adjacent to an activating group) is 1. The van der Waals surface area contributed by atoms with E-state index in [9.17, 15) is 8.42 Å². The summed E-state index contributed by atoms with van der Waals surface area (Å²) in [6.07, 6.45) is 1.51. The van der Waals surface area contributed by atoms with Gasteiger partial charge in [-0.3, -0.25) is 4.68 Å². The Balaban J connectivity index is 3.09. The molecule has 0 amide bonds. The number of rotatable bonds is 8. The summed E-state index contributed by atoms with van der Waals surface area (Å²) >= 11 is 0. The van der Waals surface area contributed by atoms with Crippen LogP contribution in [-0.2, 0) is 16.6 Å². The zero-order valence-corrected chi connectivity index (χ0v) is 14.4. The molecule has 0 saturated carbocycles. The number of aromatic nitrogens is 2. The van der Waals surface area contributed by atoms with Crippen molar-refractivity contribution in [1.82, 2.24) is 19.0 Å². The van der Waals surface area contributed by atoms with E-state index in [2.05, 4.69) is 5.10 Å². The van der Waals surface area contributed by atoms with E-state index in [1.807, 2.05) is 39.8 Å². The van der Waals surface area contributed by atoms with Crippen molar-refractivity contribution >= 4 is 15.8 Å². The van der Waals surface area contributed by atoms with Gasteiger partial charge in [0.2, 0.25) is 10.0 Å². The summed E-state index contributed by atoms with van der Waals surface area (Å²) in [5, 5.41) is 4.03. The first kappa shape index (κ1) is 17.9. The predicted molar refractivity (Wildman–Crippen MR) is 84.5 cm³/mol. The van der Waals surface area contributed by atoms with Crippen molar-refractivity contribution in [3.63, 3.8) is 0 Å². The molecule has 1 aromatic rings. The second-order valence-corrected chi connectivity index (χ2v) is 7.70. The van der Waals surface area contributed by atoms with Crippen molar-refractivity contribution in [2.75, 3.05) is 39.5 Å².